The van der Waals surface area contributed by atoms with Crippen LogP contribution in [0.25, 0.3) is 0 Å². The van der Waals surface area contributed by atoms with Gasteiger partial charge in [-0.2, -0.15) is 0 Å². The molecule has 1 aromatic carbocycles. The summed E-state index contributed by atoms with van der Waals surface area (Å²) in [5.74, 6) is 0.960. The molecule has 0 amide bonds. The van der Waals surface area contributed by atoms with Gasteiger partial charge in [0.1, 0.15) is 11.5 Å². The summed E-state index contributed by atoms with van der Waals surface area (Å²) in [5, 5.41) is 0. The van der Waals surface area contributed by atoms with Crippen LogP contribution in [-0.2, 0) is 11.2 Å². The topological polar surface area (TPSA) is 39.2 Å². The van der Waals surface area contributed by atoms with E-state index in [4.69, 9.17) is 4.74 Å². The maximum Gasteiger partial charge on any atom is 0.146 e. The van der Waals surface area contributed by atoms with Crippen LogP contribution < -0.4 is 4.74 Å². The van der Waals surface area contributed by atoms with E-state index in [9.17, 15) is 4.79 Å². The molecule has 0 spiro atoms. The molecule has 20 heavy (non-hydrogen) atoms. The number of benzene rings is 1. The number of fused-ring (bicyclic) bond motifs is 1. The van der Waals surface area contributed by atoms with E-state index in [0.29, 0.717) is 13.0 Å². The van der Waals surface area contributed by atoms with E-state index in [1.54, 1.807) is 6.20 Å². The van der Waals surface area contributed by atoms with Crippen LogP contribution in [0.3, 0.4) is 0 Å². The number of pyridine rings is 1. The summed E-state index contributed by atoms with van der Waals surface area (Å²) in [6.45, 7) is 0.598. The first-order chi connectivity index (χ1) is 9.74. The standard InChI is InChI=1S/C16H14BrNO2/c17-11-5-6-12(18-10-11)9-15(19)13-7-8-20-16-4-2-1-3-14(13)16/h1-6,10,13H,7-9H2. The summed E-state index contributed by atoms with van der Waals surface area (Å²) >= 11 is 3.35. The van der Waals surface area contributed by atoms with E-state index in [1.165, 1.54) is 0 Å². The Balaban J connectivity index is 1.80. The number of aromatic nitrogens is 1. The fourth-order valence-corrected chi connectivity index (χ4v) is 2.72. The zero-order valence-corrected chi connectivity index (χ0v) is 12.5. The number of ether oxygens (including phenoxy) is 1. The Labute approximate surface area is 126 Å². The molecule has 1 aromatic heterocycles. The Kier molecular flexibility index (Phi) is 3.83. The second-order valence-corrected chi connectivity index (χ2v) is 5.75. The second kappa shape index (κ2) is 5.75. The highest BCUT2D eigenvalue weighted by Gasteiger charge is 2.27. The van der Waals surface area contributed by atoms with Crippen molar-refractivity contribution in [1.29, 1.82) is 0 Å². The first kappa shape index (κ1) is 13.3. The van der Waals surface area contributed by atoms with E-state index >= 15 is 0 Å². The normalized spacial score (nSPS) is 17.1. The largest absolute Gasteiger partial charge is 0.493 e. The molecule has 4 heteroatoms. The van der Waals surface area contributed by atoms with Crippen molar-refractivity contribution in [2.24, 2.45) is 0 Å². The van der Waals surface area contributed by atoms with Crippen LogP contribution >= 0.6 is 15.9 Å². The lowest BCUT2D eigenvalue weighted by molar-refractivity contribution is -0.120. The third-order valence-electron chi connectivity index (χ3n) is 3.49. The number of hydrogen-bond donors (Lipinski definition) is 0. The van der Waals surface area contributed by atoms with Crippen LogP contribution in [0.5, 0.6) is 5.75 Å². The Morgan fingerprint density at radius 1 is 1.30 bits per heavy atom. The number of rotatable bonds is 3. The van der Waals surface area contributed by atoms with E-state index in [0.717, 1.165) is 27.9 Å². The van der Waals surface area contributed by atoms with E-state index in [1.807, 2.05) is 36.4 Å². The molecule has 102 valence electrons. The van der Waals surface area contributed by atoms with Crippen molar-refractivity contribution in [2.75, 3.05) is 6.61 Å². The van der Waals surface area contributed by atoms with Gasteiger partial charge in [-0.05, 0) is 40.5 Å². The van der Waals surface area contributed by atoms with E-state index in [-0.39, 0.29) is 11.7 Å². The van der Waals surface area contributed by atoms with Gasteiger partial charge in [0.2, 0.25) is 0 Å². The van der Waals surface area contributed by atoms with Gasteiger partial charge in [0.25, 0.3) is 0 Å². The van der Waals surface area contributed by atoms with Gasteiger partial charge in [-0.25, -0.2) is 0 Å². The lowest BCUT2D eigenvalue weighted by Crippen LogP contribution is -2.22. The number of Topliss-reactive ketones (excluding diaryl/α,β-unsaturated/α-hetero) is 1. The smallest absolute Gasteiger partial charge is 0.146 e. The number of nitrogens with zero attached hydrogens (tertiary/aromatic N) is 1. The predicted octanol–water partition coefficient (Wildman–Crippen LogP) is 3.52. The minimum atomic E-state index is -0.0783. The molecule has 3 nitrogen and oxygen atoms in total. The van der Waals surface area contributed by atoms with Gasteiger partial charge >= 0.3 is 0 Å². The summed E-state index contributed by atoms with van der Waals surface area (Å²) in [5.41, 5.74) is 1.81. The van der Waals surface area contributed by atoms with Gasteiger partial charge < -0.3 is 4.74 Å². The number of halogens is 1. The summed E-state index contributed by atoms with van der Waals surface area (Å²) in [6.07, 6.45) is 2.83. The van der Waals surface area contributed by atoms with Crippen LogP contribution in [0.2, 0.25) is 0 Å². The summed E-state index contributed by atoms with van der Waals surface area (Å²) in [7, 11) is 0. The molecule has 1 aliphatic heterocycles. The van der Waals surface area contributed by atoms with Gasteiger partial charge in [0.05, 0.1) is 6.61 Å². The summed E-state index contributed by atoms with van der Waals surface area (Å²) in [4.78, 5) is 16.8. The van der Waals surface area contributed by atoms with Crippen molar-refractivity contribution in [1.82, 2.24) is 4.98 Å². The maximum absolute atomic E-state index is 12.5. The maximum atomic E-state index is 12.5. The number of carbonyl (C=O) groups is 1. The molecule has 0 N–H and O–H groups in total. The highest BCUT2D eigenvalue weighted by molar-refractivity contribution is 9.10. The molecule has 1 unspecified atom stereocenters. The molecular weight excluding hydrogens is 318 g/mol. The van der Waals surface area contributed by atoms with Crippen molar-refractivity contribution >= 4 is 21.7 Å². The molecule has 0 bridgehead atoms. The van der Waals surface area contributed by atoms with Gasteiger partial charge in [-0.15, -0.1) is 0 Å². The Morgan fingerprint density at radius 2 is 2.15 bits per heavy atom. The fraction of sp³-hybridized carbons (Fsp3) is 0.250. The molecular formula is C16H14BrNO2. The molecule has 1 aliphatic rings. The molecule has 0 saturated heterocycles. The van der Waals surface area contributed by atoms with Crippen LogP contribution in [0.15, 0.2) is 47.1 Å². The molecule has 2 heterocycles. The van der Waals surface area contributed by atoms with Crippen molar-refractivity contribution in [3.8, 4) is 5.75 Å². The zero-order valence-electron chi connectivity index (χ0n) is 10.9. The van der Waals surface area contributed by atoms with Gasteiger partial charge in [0.15, 0.2) is 0 Å². The van der Waals surface area contributed by atoms with Crippen LogP contribution in [0, 0.1) is 0 Å². The average Bonchev–Trinajstić information content (AvgIpc) is 2.49. The molecule has 0 radical (unpaired) electrons. The second-order valence-electron chi connectivity index (χ2n) is 4.84. The third kappa shape index (κ3) is 2.75. The molecule has 3 rings (SSSR count). The SMILES string of the molecule is O=C(Cc1ccc(Br)cn1)C1CCOc2ccccc21. The number of para-hydroxylation sites is 1. The number of ketones is 1. The van der Waals surface area contributed by atoms with Crippen LogP contribution in [0.4, 0.5) is 0 Å². The highest BCUT2D eigenvalue weighted by atomic mass is 79.9. The molecule has 2 aromatic rings. The van der Waals surface area contributed by atoms with Gasteiger partial charge in [-0.1, -0.05) is 18.2 Å². The highest BCUT2D eigenvalue weighted by Crippen LogP contribution is 2.34. The fourth-order valence-electron chi connectivity index (χ4n) is 2.49. The Morgan fingerprint density at radius 3 is 2.95 bits per heavy atom. The quantitative estimate of drug-likeness (QED) is 0.863. The van der Waals surface area contributed by atoms with Crippen LogP contribution in [0.1, 0.15) is 23.6 Å². The molecule has 0 saturated carbocycles. The number of carbonyl (C=O) groups excluding carboxylic acids is 1. The van der Waals surface area contributed by atoms with E-state index < -0.39 is 0 Å². The van der Waals surface area contributed by atoms with Gasteiger partial charge in [0, 0.05) is 34.3 Å². The van der Waals surface area contributed by atoms with Crippen molar-refractivity contribution in [2.45, 2.75) is 18.8 Å². The lowest BCUT2D eigenvalue weighted by Gasteiger charge is -2.24. The minimum Gasteiger partial charge on any atom is -0.493 e. The van der Waals surface area contributed by atoms with Crippen molar-refractivity contribution < 1.29 is 9.53 Å². The summed E-state index contributed by atoms with van der Waals surface area (Å²) < 4.78 is 6.52. The first-order valence-electron chi connectivity index (χ1n) is 6.59. The molecule has 0 fully saturated rings. The Hall–Kier alpha value is -1.68. The Bertz CT molecular complexity index is 625. The molecule has 0 aliphatic carbocycles. The zero-order chi connectivity index (χ0) is 13.9. The van der Waals surface area contributed by atoms with Crippen molar-refractivity contribution in [3.63, 3.8) is 0 Å². The summed E-state index contributed by atoms with van der Waals surface area (Å²) in [6, 6.07) is 11.6. The third-order valence-corrected chi connectivity index (χ3v) is 3.96. The lowest BCUT2D eigenvalue weighted by atomic mass is 9.87. The first-order valence-corrected chi connectivity index (χ1v) is 7.38. The predicted molar refractivity (Wildman–Crippen MR) is 79.9 cm³/mol. The average molecular weight is 332 g/mol. The van der Waals surface area contributed by atoms with Crippen LogP contribution in [-0.4, -0.2) is 17.4 Å². The monoisotopic (exact) mass is 331 g/mol. The van der Waals surface area contributed by atoms with Gasteiger partial charge in [-0.3, -0.25) is 9.78 Å². The molecule has 1 atom stereocenters. The number of hydrogen-bond acceptors (Lipinski definition) is 3. The van der Waals surface area contributed by atoms with Crippen molar-refractivity contribution in [3.05, 3.63) is 58.3 Å². The van der Waals surface area contributed by atoms with E-state index in [2.05, 4.69) is 20.9 Å². The minimum absolute atomic E-state index is 0.0783.